The molecular formula is C23H24FN3O3. The summed E-state index contributed by atoms with van der Waals surface area (Å²) in [5.74, 6) is -0.694. The summed E-state index contributed by atoms with van der Waals surface area (Å²) in [5, 5.41) is 19.7. The van der Waals surface area contributed by atoms with Crippen molar-refractivity contribution in [2.24, 2.45) is 0 Å². The summed E-state index contributed by atoms with van der Waals surface area (Å²) in [7, 11) is 0. The predicted octanol–water partition coefficient (Wildman–Crippen LogP) is 2.00. The highest BCUT2D eigenvalue weighted by Crippen LogP contribution is 2.41. The van der Waals surface area contributed by atoms with E-state index in [1.54, 1.807) is 6.07 Å². The van der Waals surface area contributed by atoms with Gasteiger partial charge in [-0.05, 0) is 28.8 Å². The number of nitriles is 1. The fraction of sp³-hybridized carbons (Fsp3) is 0.391. The first kappa shape index (κ1) is 20.5. The fourth-order valence-corrected chi connectivity index (χ4v) is 4.35. The molecule has 0 saturated carbocycles. The molecule has 0 spiro atoms. The molecule has 6 nitrogen and oxygen atoms in total. The number of hydrogen-bond donors (Lipinski definition) is 1. The van der Waals surface area contributed by atoms with Crippen LogP contribution in [0.5, 0.6) is 0 Å². The Bertz CT molecular complexity index is 937. The number of halogens is 1. The number of aliphatic hydroxyl groups excluding tert-OH is 1. The van der Waals surface area contributed by atoms with Crippen molar-refractivity contribution >= 4 is 5.91 Å². The van der Waals surface area contributed by atoms with Crippen molar-refractivity contribution in [1.29, 1.82) is 5.26 Å². The Hall–Kier alpha value is -2.79. The quantitative estimate of drug-likeness (QED) is 0.818. The third-order valence-electron chi connectivity index (χ3n) is 5.94. The summed E-state index contributed by atoms with van der Waals surface area (Å²) in [6.07, 6.45) is 0. The lowest BCUT2D eigenvalue weighted by atomic mass is 9.75. The van der Waals surface area contributed by atoms with E-state index in [0.717, 1.165) is 16.7 Å². The molecule has 2 aromatic rings. The predicted molar refractivity (Wildman–Crippen MR) is 109 cm³/mol. The number of likely N-dealkylation sites (tertiary alicyclic amines) is 1. The first-order valence-electron chi connectivity index (χ1n) is 10.1. The molecule has 1 N–H and O–H groups in total. The highest BCUT2D eigenvalue weighted by Gasteiger charge is 2.51. The second-order valence-electron chi connectivity index (χ2n) is 7.67. The van der Waals surface area contributed by atoms with Gasteiger partial charge >= 0.3 is 0 Å². The van der Waals surface area contributed by atoms with Gasteiger partial charge in [0.25, 0.3) is 0 Å². The van der Waals surface area contributed by atoms with Crippen molar-refractivity contribution in [1.82, 2.24) is 9.80 Å². The van der Waals surface area contributed by atoms with E-state index in [4.69, 9.17) is 4.74 Å². The molecule has 1 amide bonds. The molecule has 7 heteroatoms. The molecule has 2 fully saturated rings. The van der Waals surface area contributed by atoms with Gasteiger partial charge in [-0.3, -0.25) is 9.69 Å². The van der Waals surface area contributed by atoms with E-state index in [1.165, 1.54) is 17.0 Å². The van der Waals surface area contributed by atoms with Crippen molar-refractivity contribution in [2.75, 3.05) is 39.5 Å². The topological polar surface area (TPSA) is 76.8 Å². The summed E-state index contributed by atoms with van der Waals surface area (Å²) in [6.45, 7) is 2.58. The Kier molecular flexibility index (Phi) is 6.09. The lowest BCUT2D eigenvalue weighted by molar-refractivity contribution is -0.149. The summed E-state index contributed by atoms with van der Waals surface area (Å²) in [4.78, 5) is 16.4. The van der Waals surface area contributed by atoms with Crippen LogP contribution in [0.15, 0.2) is 48.5 Å². The molecule has 4 rings (SSSR count). The maximum atomic E-state index is 13.5. The number of ether oxygens (including phenoxy) is 1. The zero-order valence-corrected chi connectivity index (χ0v) is 16.6. The molecule has 2 aliphatic heterocycles. The van der Waals surface area contributed by atoms with Crippen LogP contribution in [0.2, 0.25) is 0 Å². The molecule has 3 atom stereocenters. The smallest absolute Gasteiger partial charge is 0.238 e. The Morgan fingerprint density at radius 2 is 1.90 bits per heavy atom. The molecule has 0 bridgehead atoms. The van der Waals surface area contributed by atoms with E-state index in [2.05, 4.69) is 6.07 Å². The van der Waals surface area contributed by atoms with Crippen molar-refractivity contribution in [2.45, 2.75) is 18.0 Å². The van der Waals surface area contributed by atoms with Crippen molar-refractivity contribution in [3.05, 3.63) is 59.9 Å². The van der Waals surface area contributed by atoms with Gasteiger partial charge in [0.15, 0.2) is 0 Å². The molecule has 2 heterocycles. The van der Waals surface area contributed by atoms with E-state index in [-0.39, 0.29) is 30.8 Å². The van der Waals surface area contributed by atoms with Crippen LogP contribution >= 0.6 is 0 Å². The zero-order chi connectivity index (χ0) is 21.1. The standard InChI is InChI=1S/C23H24FN3O3/c24-19-3-1-2-18(12-19)16-4-6-17(7-5-16)23-20(13-25)27(21(23)15-28)22(29)14-26-8-10-30-11-9-26/h1-7,12,20-21,23,28H,8-11,14-15H2/t20-,21-,23+/m1/s1. The van der Waals surface area contributed by atoms with Gasteiger partial charge in [0.2, 0.25) is 5.91 Å². The molecule has 2 aromatic carbocycles. The highest BCUT2D eigenvalue weighted by molar-refractivity contribution is 5.81. The number of nitrogens with zero attached hydrogens (tertiary/aromatic N) is 3. The molecule has 2 aliphatic rings. The van der Waals surface area contributed by atoms with Crippen LogP contribution in [0.4, 0.5) is 4.39 Å². The van der Waals surface area contributed by atoms with Crippen LogP contribution in [0.25, 0.3) is 11.1 Å². The molecular weight excluding hydrogens is 385 g/mol. The minimum Gasteiger partial charge on any atom is -0.394 e. The van der Waals surface area contributed by atoms with Crippen LogP contribution < -0.4 is 0 Å². The van der Waals surface area contributed by atoms with Crippen molar-refractivity contribution in [3.63, 3.8) is 0 Å². The average molecular weight is 409 g/mol. The average Bonchev–Trinajstić information content (AvgIpc) is 2.75. The second-order valence-corrected chi connectivity index (χ2v) is 7.67. The highest BCUT2D eigenvalue weighted by atomic mass is 19.1. The van der Waals surface area contributed by atoms with Crippen LogP contribution in [-0.2, 0) is 9.53 Å². The van der Waals surface area contributed by atoms with E-state index in [0.29, 0.717) is 26.3 Å². The number of aliphatic hydroxyl groups is 1. The number of hydrogen-bond acceptors (Lipinski definition) is 5. The summed E-state index contributed by atoms with van der Waals surface area (Å²) >= 11 is 0. The third-order valence-corrected chi connectivity index (χ3v) is 5.94. The molecule has 0 radical (unpaired) electrons. The first-order chi connectivity index (χ1) is 14.6. The lowest BCUT2D eigenvalue weighted by Crippen LogP contribution is -2.66. The number of morpholine rings is 1. The van der Waals surface area contributed by atoms with Gasteiger partial charge in [0.05, 0.1) is 38.5 Å². The monoisotopic (exact) mass is 409 g/mol. The van der Waals surface area contributed by atoms with Gasteiger partial charge in [-0.2, -0.15) is 5.26 Å². The molecule has 0 aliphatic carbocycles. The SMILES string of the molecule is N#C[C@@H]1[C@H](c2ccc(-c3cccc(F)c3)cc2)[C@@H](CO)N1C(=O)CN1CCOCC1. The summed E-state index contributed by atoms with van der Waals surface area (Å²) < 4.78 is 18.8. The molecule has 30 heavy (non-hydrogen) atoms. The molecule has 2 saturated heterocycles. The lowest BCUT2D eigenvalue weighted by Gasteiger charge is -2.52. The zero-order valence-electron chi connectivity index (χ0n) is 16.6. The Balaban J connectivity index is 1.50. The number of benzene rings is 2. The Morgan fingerprint density at radius 1 is 1.17 bits per heavy atom. The normalized spacial score (nSPS) is 24.2. The molecule has 0 unspecified atom stereocenters. The number of carbonyl (C=O) groups is 1. The van der Waals surface area contributed by atoms with Crippen LogP contribution in [-0.4, -0.2) is 72.4 Å². The fourth-order valence-electron chi connectivity index (χ4n) is 4.35. The number of rotatable bonds is 5. The first-order valence-corrected chi connectivity index (χ1v) is 10.1. The van der Waals surface area contributed by atoms with Crippen molar-refractivity contribution in [3.8, 4) is 17.2 Å². The van der Waals surface area contributed by atoms with Gasteiger partial charge < -0.3 is 14.7 Å². The van der Waals surface area contributed by atoms with Crippen LogP contribution in [0, 0.1) is 17.1 Å². The van der Waals surface area contributed by atoms with Gasteiger partial charge in [0, 0.05) is 19.0 Å². The number of carbonyl (C=O) groups excluding carboxylic acids is 1. The van der Waals surface area contributed by atoms with Crippen LogP contribution in [0.1, 0.15) is 11.5 Å². The van der Waals surface area contributed by atoms with Gasteiger partial charge in [-0.25, -0.2) is 4.39 Å². The Labute approximate surface area is 175 Å². The van der Waals surface area contributed by atoms with E-state index in [9.17, 15) is 19.6 Å². The second kappa shape index (κ2) is 8.92. The van der Waals surface area contributed by atoms with Crippen LogP contribution in [0.3, 0.4) is 0 Å². The molecule has 156 valence electrons. The maximum absolute atomic E-state index is 13.5. The largest absolute Gasteiger partial charge is 0.394 e. The maximum Gasteiger partial charge on any atom is 0.238 e. The van der Waals surface area contributed by atoms with Crippen molar-refractivity contribution < 1.29 is 19.0 Å². The van der Waals surface area contributed by atoms with E-state index < -0.39 is 12.1 Å². The van der Waals surface area contributed by atoms with E-state index in [1.807, 2.05) is 35.2 Å². The van der Waals surface area contributed by atoms with Gasteiger partial charge in [0.1, 0.15) is 11.9 Å². The summed E-state index contributed by atoms with van der Waals surface area (Å²) in [6, 6.07) is 15.1. The third kappa shape index (κ3) is 3.94. The summed E-state index contributed by atoms with van der Waals surface area (Å²) in [5.41, 5.74) is 2.52. The minimum atomic E-state index is -0.615. The number of amides is 1. The molecule has 0 aromatic heterocycles. The van der Waals surface area contributed by atoms with Gasteiger partial charge in [-0.15, -0.1) is 0 Å². The minimum absolute atomic E-state index is 0.143. The van der Waals surface area contributed by atoms with Gasteiger partial charge in [-0.1, -0.05) is 36.4 Å². The van der Waals surface area contributed by atoms with E-state index >= 15 is 0 Å². The Morgan fingerprint density at radius 3 is 2.53 bits per heavy atom.